The molecule has 2 aliphatic rings. The first-order chi connectivity index (χ1) is 18.7. The molecular formula is C28H27Cl2N3O6. The molecule has 0 bridgehead atoms. The van der Waals surface area contributed by atoms with Gasteiger partial charge in [0.1, 0.15) is 18.5 Å². The van der Waals surface area contributed by atoms with E-state index in [2.05, 4.69) is 4.90 Å². The minimum Gasteiger partial charge on any atom is -0.491 e. The summed E-state index contributed by atoms with van der Waals surface area (Å²) in [6.45, 7) is 5.00. The molecule has 0 aliphatic carbocycles. The molecule has 3 aromatic rings. The van der Waals surface area contributed by atoms with Crippen LogP contribution >= 0.6 is 23.2 Å². The quantitative estimate of drug-likeness (QED) is 0.272. The Morgan fingerprint density at radius 1 is 1.05 bits per heavy atom. The van der Waals surface area contributed by atoms with E-state index in [1.165, 1.54) is 24.3 Å². The summed E-state index contributed by atoms with van der Waals surface area (Å²) in [5.41, 5.74) is 2.17. The number of halogens is 2. The number of nitro groups is 1. The Hall–Kier alpha value is -3.37. The second kappa shape index (κ2) is 11.4. The lowest BCUT2D eigenvalue weighted by Gasteiger charge is -2.36. The molecule has 5 rings (SSSR count). The third-order valence-corrected chi connectivity index (χ3v) is 7.43. The molecule has 0 saturated carbocycles. The van der Waals surface area contributed by atoms with Crippen molar-refractivity contribution >= 4 is 40.5 Å². The second-order valence-electron chi connectivity index (χ2n) is 9.51. The van der Waals surface area contributed by atoms with Gasteiger partial charge in [0.2, 0.25) is 0 Å². The smallest absolute Gasteiger partial charge is 0.269 e. The molecule has 2 saturated heterocycles. The van der Waals surface area contributed by atoms with E-state index >= 15 is 0 Å². The summed E-state index contributed by atoms with van der Waals surface area (Å²) in [7, 11) is 0. The summed E-state index contributed by atoms with van der Waals surface area (Å²) in [5.74, 6) is -0.380. The molecule has 11 heteroatoms. The van der Waals surface area contributed by atoms with Gasteiger partial charge >= 0.3 is 0 Å². The number of nitrogens with zero attached hydrogens (tertiary/aromatic N) is 3. The highest BCUT2D eigenvalue weighted by molar-refractivity contribution is 6.35. The molecule has 0 unspecified atom stereocenters. The molecule has 39 heavy (non-hydrogen) atoms. The van der Waals surface area contributed by atoms with E-state index < -0.39 is 10.7 Å². The lowest BCUT2D eigenvalue weighted by atomic mass is 10.1. The molecular weight excluding hydrogens is 545 g/mol. The molecule has 1 amide bonds. The minimum atomic E-state index is -0.971. The number of carbonyl (C=O) groups is 1. The molecule has 2 atom stereocenters. The monoisotopic (exact) mass is 571 g/mol. The summed E-state index contributed by atoms with van der Waals surface area (Å²) < 4.78 is 18.0. The van der Waals surface area contributed by atoms with Crippen molar-refractivity contribution in [1.29, 1.82) is 0 Å². The van der Waals surface area contributed by atoms with Crippen LogP contribution in [-0.2, 0) is 15.3 Å². The third kappa shape index (κ3) is 6.12. The third-order valence-electron chi connectivity index (χ3n) is 6.89. The van der Waals surface area contributed by atoms with Crippen LogP contribution in [0.25, 0.3) is 0 Å². The number of nitro benzene ring substituents is 1. The summed E-state index contributed by atoms with van der Waals surface area (Å²) in [6, 6.07) is 18.7. The standard InChI is InChI=1S/C28H27Cl2N3O6/c1-28(25-11-4-20(29)16-26(25)30)38-18-24(39-28)17-37-23-9-7-21(8-10-23)31-12-14-32(15-13-31)27(34)19-2-5-22(6-3-19)33(35)36/h2-11,16,24H,12-15,17-18H2,1H3/t24-,28+/m1/s1. The first-order valence-corrected chi connectivity index (χ1v) is 13.3. The Morgan fingerprint density at radius 2 is 1.74 bits per heavy atom. The van der Waals surface area contributed by atoms with Crippen molar-refractivity contribution < 1.29 is 23.9 Å². The SMILES string of the molecule is C[C@]1(c2ccc(Cl)cc2Cl)OC[C@@H](COc2ccc(N3CCN(C(=O)c4ccc([N+](=O)[O-])cc4)CC3)cc2)O1. The van der Waals surface area contributed by atoms with Gasteiger partial charge in [-0.3, -0.25) is 14.9 Å². The summed E-state index contributed by atoms with van der Waals surface area (Å²) in [5, 5.41) is 11.9. The number of piperazine rings is 1. The predicted octanol–water partition coefficient (Wildman–Crippen LogP) is 5.53. The molecule has 2 fully saturated rings. The van der Waals surface area contributed by atoms with Crippen LogP contribution in [0.4, 0.5) is 11.4 Å². The topological polar surface area (TPSA) is 94.4 Å². The number of amides is 1. The Labute approximate surface area is 235 Å². The maximum absolute atomic E-state index is 12.8. The van der Waals surface area contributed by atoms with Gasteiger partial charge in [-0.2, -0.15) is 0 Å². The van der Waals surface area contributed by atoms with Crippen molar-refractivity contribution in [2.24, 2.45) is 0 Å². The zero-order valence-corrected chi connectivity index (χ0v) is 22.7. The molecule has 0 aromatic heterocycles. The first kappa shape index (κ1) is 27.2. The summed E-state index contributed by atoms with van der Waals surface area (Å²) >= 11 is 12.4. The van der Waals surface area contributed by atoms with E-state index in [9.17, 15) is 14.9 Å². The highest BCUT2D eigenvalue weighted by Gasteiger charge is 2.40. The van der Waals surface area contributed by atoms with Crippen molar-refractivity contribution in [1.82, 2.24) is 4.90 Å². The van der Waals surface area contributed by atoms with E-state index in [1.807, 2.05) is 31.2 Å². The molecule has 3 aromatic carbocycles. The van der Waals surface area contributed by atoms with Gasteiger partial charge in [0.15, 0.2) is 5.79 Å². The lowest BCUT2D eigenvalue weighted by Crippen LogP contribution is -2.48. The van der Waals surface area contributed by atoms with E-state index in [-0.39, 0.29) is 17.7 Å². The molecule has 2 heterocycles. The lowest BCUT2D eigenvalue weighted by molar-refractivity contribution is -0.384. The average molecular weight is 572 g/mol. The van der Waals surface area contributed by atoms with Crippen LogP contribution in [0.15, 0.2) is 66.7 Å². The number of hydrogen-bond acceptors (Lipinski definition) is 7. The number of benzene rings is 3. The average Bonchev–Trinajstić information content (AvgIpc) is 3.33. The molecule has 2 aliphatic heterocycles. The van der Waals surface area contributed by atoms with E-state index in [0.29, 0.717) is 60.8 Å². The van der Waals surface area contributed by atoms with E-state index in [4.69, 9.17) is 37.4 Å². The zero-order valence-electron chi connectivity index (χ0n) is 21.2. The molecule has 0 N–H and O–H groups in total. The number of anilines is 1. The minimum absolute atomic E-state index is 0.0331. The van der Waals surface area contributed by atoms with Crippen LogP contribution in [0.2, 0.25) is 10.0 Å². The number of carbonyl (C=O) groups excluding carboxylic acids is 1. The number of rotatable bonds is 7. The Kier molecular flexibility index (Phi) is 7.95. The predicted molar refractivity (Wildman–Crippen MR) is 148 cm³/mol. The number of hydrogen-bond donors (Lipinski definition) is 0. The second-order valence-corrected chi connectivity index (χ2v) is 10.4. The number of non-ortho nitro benzene ring substituents is 1. The fourth-order valence-electron chi connectivity index (χ4n) is 4.74. The first-order valence-electron chi connectivity index (χ1n) is 12.5. The van der Waals surface area contributed by atoms with Crippen molar-refractivity contribution in [3.63, 3.8) is 0 Å². The Balaban J connectivity index is 1.10. The zero-order chi connectivity index (χ0) is 27.6. The molecule has 9 nitrogen and oxygen atoms in total. The number of ether oxygens (including phenoxy) is 3. The molecule has 0 spiro atoms. The van der Waals surface area contributed by atoms with Crippen LogP contribution in [0.3, 0.4) is 0 Å². The van der Waals surface area contributed by atoms with E-state index in [1.54, 1.807) is 23.1 Å². The highest BCUT2D eigenvalue weighted by Crippen LogP contribution is 2.38. The van der Waals surface area contributed by atoms with Crippen LogP contribution in [-0.4, -0.2) is 61.2 Å². The van der Waals surface area contributed by atoms with Gasteiger partial charge in [-0.15, -0.1) is 0 Å². The summed E-state index contributed by atoms with van der Waals surface area (Å²) in [6.07, 6.45) is -0.261. The van der Waals surface area contributed by atoms with Gasteiger partial charge < -0.3 is 24.0 Å². The maximum Gasteiger partial charge on any atom is 0.269 e. The van der Waals surface area contributed by atoms with Crippen molar-refractivity contribution in [2.45, 2.75) is 18.8 Å². The van der Waals surface area contributed by atoms with Gasteiger partial charge in [0.25, 0.3) is 11.6 Å². The van der Waals surface area contributed by atoms with Gasteiger partial charge in [-0.25, -0.2) is 0 Å². The largest absolute Gasteiger partial charge is 0.491 e. The van der Waals surface area contributed by atoms with Crippen LogP contribution < -0.4 is 9.64 Å². The van der Waals surface area contributed by atoms with Crippen molar-refractivity contribution in [3.8, 4) is 5.75 Å². The van der Waals surface area contributed by atoms with Crippen LogP contribution in [0, 0.1) is 10.1 Å². The fourth-order valence-corrected chi connectivity index (χ4v) is 5.32. The Morgan fingerprint density at radius 3 is 2.38 bits per heavy atom. The van der Waals surface area contributed by atoms with Gasteiger partial charge in [0, 0.05) is 60.1 Å². The summed E-state index contributed by atoms with van der Waals surface area (Å²) in [4.78, 5) is 27.1. The van der Waals surface area contributed by atoms with Crippen molar-refractivity contribution in [3.05, 3.63) is 98.0 Å². The fraction of sp³-hybridized carbons (Fsp3) is 0.321. The van der Waals surface area contributed by atoms with E-state index in [0.717, 1.165) is 11.3 Å². The molecule has 204 valence electrons. The normalized spacial score (nSPS) is 21.2. The maximum atomic E-state index is 12.8. The van der Waals surface area contributed by atoms with Crippen LogP contribution in [0.5, 0.6) is 5.75 Å². The van der Waals surface area contributed by atoms with Crippen molar-refractivity contribution in [2.75, 3.05) is 44.3 Å². The van der Waals surface area contributed by atoms with Gasteiger partial charge in [-0.05, 0) is 55.5 Å². The molecule has 0 radical (unpaired) electrons. The van der Waals surface area contributed by atoms with Gasteiger partial charge in [0.05, 0.1) is 16.6 Å². The highest BCUT2D eigenvalue weighted by atomic mass is 35.5. The Bertz CT molecular complexity index is 1350. The van der Waals surface area contributed by atoms with Crippen LogP contribution in [0.1, 0.15) is 22.8 Å². The van der Waals surface area contributed by atoms with Gasteiger partial charge in [-0.1, -0.05) is 29.3 Å².